The number of carbonyl (C=O) groups excluding carboxylic acids is 1. The highest BCUT2D eigenvalue weighted by atomic mass is 16.5. The van der Waals surface area contributed by atoms with Gasteiger partial charge in [0.1, 0.15) is 0 Å². The van der Waals surface area contributed by atoms with Crippen molar-refractivity contribution in [2.24, 2.45) is 11.8 Å². The van der Waals surface area contributed by atoms with Gasteiger partial charge in [-0.2, -0.15) is 0 Å². The Balaban J connectivity index is 2.65. The summed E-state index contributed by atoms with van der Waals surface area (Å²) in [6.45, 7) is 3.37. The molecule has 3 atom stereocenters. The van der Waals surface area contributed by atoms with Gasteiger partial charge >= 0.3 is 5.97 Å². The number of methoxy groups -OCH3 is 2. The number of carboxylic acid groups (broad SMARTS) is 1. The molecular formula is C14H25NO5. The fourth-order valence-electron chi connectivity index (χ4n) is 2.73. The Morgan fingerprint density at radius 1 is 1.25 bits per heavy atom. The zero-order valence-electron chi connectivity index (χ0n) is 12.5. The Kier molecular flexibility index (Phi) is 6.95. The van der Waals surface area contributed by atoms with E-state index in [2.05, 4.69) is 0 Å². The Morgan fingerprint density at radius 2 is 1.90 bits per heavy atom. The SMILES string of the molecule is COCCN(C(=O)[C@@H]1CC[C@H](C(=O)O)C1)C(C)COC. The molecular weight excluding hydrogens is 262 g/mol. The molecule has 0 radical (unpaired) electrons. The minimum absolute atomic E-state index is 0.0235. The summed E-state index contributed by atoms with van der Waals surface area (Å²) in [4.78, 5) is 25.3. The van der Waals surface area contributed by atoms with Crippen LogP contribution in [0.5, 0.6) is 0 Å². The highest BCUT2D eigenvalue weighted by Gasteiger charge is 2.36. The third-order valence-corrected chi connectivity index (χ3v) is 3.89. The van der Waals surface area contributed by atoms with E-state index in [1.807, 2.05) is 6.92 Å². The molecule has 0 spiro atoms. The van der Waals surface area contributed by atoms with E-state index in [1.165, 1.54) is 0 Å². The van der Waals surface area contributed by atoms with Gasteiger partial charge in [0.25, 0.3) is 0 Å². The first-order valence-electron chi connectivity index (χ1n) is 7.02. The van der Waals surface area contributed by atoms with Crippen LogP contribution in [0.2, 0.25) is 0 Å². The molecule has 1 amide bonds. The van der Waals surface area contributed by atoms with Crippen LogP contribution in [-0.4, -0.2) is 61.9 Å². The summed E-state index contributed by atoms with van der Waals surface area (Å²) in [7, 11) is 3.20. The molecule has 1 unspecified atom stereocenters. The second kappa shape index (κ2) is 8.21. The van der Waals surface area contributed by atoms with Crippen molar-refractivity contribution < 1.29 is 24.2 Å². The van der Waals surface area contributed by atoms with Gasteiger partial charge in [-0.25, -0.2) is 0 Å². The lowest BCUT2D eigenvalue weighted by molar-refractivity contribution is -0.142. The molecule has 0 bridgehead atoms. The topological polar surface area (TPSA) is 76.1 Å². The van der Waals surface area contributed by atoms with E-state index in [4.69, 9.17) is 14.6 Å². The van der Waals surface area contributed by atoms with Crippen LogP contribution in [-0.2, 0) is 19.1 Å². The number of ether oxygens (including phenoxy) is 2. The van der Waals surface area contributed by atoms with Crippen molar-refractivity contribution >= 4 is 11.9 Å². The van der Waals surface area contributed by atoms with Crippen molar-refractivity contribution in [3.63, 3.8) is 0 Å². The average molecular weight is 287 g/mol. The van der Waals surface area contributed by atoms with Crippen molar-refractivity contribution in [2.75, 3.05) is 34.0 Å². The molecule has 20 heavy (non-hydrogen) atoms. The summed E-state index contributed by atoms with van der Waals surface area (Å²) < 4.78 is 10.2. The zero-order valence-corrected chi connectivity index (χ0v) is 12.5. The molecule has 1 N–H and O–H groups in total. The van der Waals surface area contributed by atoms with Gasteiger partial charge in [0, 0.05) is 26.7 Å². The summed E-state index contributed by atoms with van der Waals surface area (Å²) in [6, 6.07) is -0.0356. The molecule has 6 heteroatoms. The molecule has 0 heterocycles. The van der Waals surface area contributed by atoms with Gasteiger partial charge in [-0.15, -0.1) is 0 Å². The van der Waals surface area contributed by atoms with Gasteiger partial charge in [0.2, 0.25) is 5.91 Å². The Labute approximate surface area is 120 Å². The van der Waals surface area contributed by atoms with E-state index in [0.29, 0.717) is 39.0 Å². The van der Waals surface area contributed by atoms with Crippen LogP contribution >= 0.6 is 0 Å². The molecule has 0 aromatic heterocycles. The van der Waals surface area contributed by atoms with Gasteiger partial charge < -0.3 is 19.5 Å². The van der Waals surface area contributed by atoms with E-state index in [-0.39, 0.29) is 23.8 Å². The number of amides is 1. The second-order valence-corrected chi connectivity index (χ2v) is 5.37. The van der Waals surface area contributed by atoms with E-state index in [1.54, 1.807) is 19.1 Å². The summed E-state index contributed by atoms with van der Waals surface area (Å²) in [6.07, 6.45) is 1.68. The van der Waals surface area contributed by atoms with Crippen molar-refractivity contribution in [3.8, 4) is 0 Å². The molecule has 1 aliphatic rings. The van der Waals surface area contributed by atoms with E-state index in [9.17, 15) is 9.59 Å². The summed E-state index contributed by atoms with van der Waals surface area (Å²) in [5.74, 6) is -1.35. The molecule has 6 nitrogen and oxygen atoms in total. The Hall–Kier alpha value is -1.14. The predicted octanol–water partition coefficient (Wildman–Crippen LogP) is 0.997. The van der Waals surface area contributed by atoms with Gasteiger partial charge in [-0.3, -0.25) is 9.59 Å². The lowest BCUT2D eigenvalue weighted by atomic mass is 10.0. The van der Waals surface area contributed by atoms with Gasteiger partial charge in [-0.05, 0) is 26.2 Å². The Morgan fingerprint density at radius 3 is 2.40 bits per heavy atom. The molecule has 1 saturated carbocycles. The first kappa shape index (κ1) is 16.9. The van der Waals surface area contributed by atoms with Crippen LogP contribution < -0.4 is 0 Å². The van der Waals surface area contributed by atoms with Crippen LogP contribution in [0.1, 0.15) is 26.2 Å². The van der Waals surface area contributed by atoms with Crippen molar-refractivity contribution in [3.05, 3.63) is 0 Å². The smallest absolute Gasteiger partial charge is 0.306 e. The van der Waals surface area contributed by atoms with E-state index < -0.39 is 5.97 Å². The van der Waals surface area contributed by atoms with Crippen LogP contribution in [0.4, 0.5) is 0 Å². The molecule has 1 aliphatic carbocycles. The lowest BCUT2D eigenvalue weighted by Crippen LogP contribution is -2.45. The highest BCUT2D eigenvalue weighted by Crippen LogP contribution is 2.32. The lowest BCUT2D eigenvalue weighted by Gasteiger charge is -2.31. The normalized spacial score (nSPS) is 23.6. The van der Waals surface area contributed by atoms with Crippen molar-refractivity contribution in [1.82, 2.24) is 4.90 Å². The first-order chi connectivity index (χ1) is 9.51. The van der Waals surface area contributed by atoms with Crippen LogP contribution in [0, 0.1) is 11.8 Å². The number of carboxylic acids is 1. The maximum absolute atomic E-state index is 12.6. The van der Waals surface area contributed by atoms with Crippen molar-refractivity contribution in [1.29, 1.82) is 0 Å². The quantitative estimate of drug-likeness (QED) is 0.720. The second-order valence-electron chi connectivity index (χ2n) is 5.37. The number of nitrogens with zero attached hydrogens (tertiary/aromatic N) is 1. The largest absolute Gasteiger partial charge is 0.481 e. The predicted molar refractivity (Wildman–Crippen MR) is 73.4 cm³/mol. The molecule has 0 saturated heterocycles. The van der Waals surface area contributed by atoms with Crippen LogP contribution in [0.15, 0.2) is 0 Å². The van der Waals surface area contributed by atoms with E-state index in [0.717, 1.165) is 0 Å². The minimum Gasteiger partial charge on any atom is -0.481 e. The summed E-state index contributed by atoms with van der Waals surface area (Å²) >= 11 is 0. The number of hydrogen-bond acceptors (Lipinski definition) is 4. The molecule has 0 aliphatic heterocycles. The zero-order chi connectivity index (χ0) is 15.1. The van der Waals surface area contributed by atoms with Crippen LogP contribution in [0.25, 0.3) is 0 Å². The fourth-order valence-corrected chi connectivity index (χ4v) is 2.73. The number of hydrogen-bond donors (Lipinski definition) is 1. The monoisotopic (exact) mass is 287 g/mol. The maximum atomic E-state index is 12.6. The van der Waals surface area contributed by atoms with Crippen molar-refractivity contribution in [2.45, 2.75) is 32.2 Å². The molecule has 1 fully saturated rings. The average Bonchev–Trinajstić information content (AvgIpc) is 2.89. The number of carbonyl (C=O) groups is 2. The van der Waals surface area contributed by atoms with E-state index >= 15 is 0 Å². The molecule has 116 valence electrons. The molecule has 0 aromatic carbocycles. The van der Waals surface area contributed by atoms with Gasteiger partial charge in [-0.1, -0.05) is 0 Å². The first-order valence-corrected chi connectivity index (χ1v) is 7.02. The maximum Gasteiger partial charge on any atom is 0.306 e. The van der Waals surface area contributed by atoms with Gasteiger partial charge in [0.15, 0.2) is 0 Å². The summed E-state index contributed by atoms with van der Waals surface area (Å²) in [5, 5.41) is 9.02. The Bertz CT molecular complexity index is 334. The summed E-state index contributed by atoms with van der Waals surface area (Å²) in [5.41, 5.74) is 0. The highest BCUT2D eigenvalue weighted by molar-refractivity contribution is 5.81. The standard InChI is InChI=1S/C14H25NO5/c1-10(9-20-3)15(6-7-19-2)13(16)11-4-5-12(8-11)14(17)18/h10-12H,4-9H2,1-3H3,(H,17,18)/t10?,11-,12+/m1/s1. The fraction of sp³-hybridized carbons (Fsp3) is 0.857. The third-order valence-electron chi connectivity index (χ3n) is 3.89. The number of rotatable bonds is 8. The van der Waals surface area contributed by atoms with Gasteiger partial charge in [0.05, 0.1) is 25.2 Å². The molecule has 0 aromatic rings. The number of aliphatic carboxylic acids is 1. The van der Waals surface area contributed by atoms with Crippen LogP contribution in [0.3, 0.4) is 0 Å². The minimum atomic E-state index is -0.798. The third kappa shape index (κ3) is 4.45. The molecule has 1 rings (SSSR count).